The van der Waals surface area contributed by atoms with Crippen LogP contribution in [0.15, 0.2) is 6.07 Å². The van der Waals surface area contributed by atoms with E-state index in [4.69, 9.17) is 4.74 Å². The summed E-state index contributed by atoms with van der Waals surface area (Å²) in [4.78, 5) is 34.4. The van der Waals surface area contributed by atoms with Gasteiger partial charge in [0.25, 0.3) is 17.5 Å². The molecule has 0 N–H and O–H groups in total. The van der Waals surface area contributed by atoms with Crippen LogP contribution in [0.25, 0.3) is 5.78 Å². The number of fused-ring (bicyclic) bond motifs is 1. The van der Waals surface area contributed by atoms with Gasteiger partial charge in [-0.2, -0.15) is 4.98 Å². The van der Waals surface area contributed by atoms with Crippen molar-refractivity contribution < 1.29 is 14.3 Å². The van der Waals surface area contributed by atoms with Crippen molar-refractivity contribution in [1.29, 1.82) is 0 Å². The third kappa shape index (κ3) is 3.22. The van der Waals surface area contributed by atoms with Crippen molar-refractivity contribution in [3.8, 4) is 0 Å². The molecule has 128 valence electrons. The molecule has 1 aliphatic heterocycles. The summed E-state index contributed by atoms with van der Waals surface area (Å²) in [5.74, 6) is -0.633. The lowest BCUT2D eigenvalue weighted by Crippen LogP contribution is -2.44. The number of carbonyl (C=O) groups is 2. The van der Waals surface area contributed by atoms with Gasteiger partial charge >= 0.3 is 5.97 Å². The minimum atomic E-state index is -0.712. The predicted octanol–water partition coefficient (Wildman–Crippen LogP) is 1.30. The molecule has 0 radical (unpaired) electrons. The number of aromatic nitrogens is 4. The van der Waals surface area contributed by atoms with Gasteiger partial charge in [0.1, 0.15) is 0 Å². The fourth-order valence-electron chi connectivity index (χ4n) is 3.00. The lowest BCUT2D eigenvalue weighted by molar-refractivity contribution is -0.137. The number of piperidine rings is 1. The number of aryl methyl sites for hydroxylation is 2. The highest BCUT2D eigenvalue weighted by Crippen LogP contribution is 2.16. The molecule has 0 aromatic carbocycles. The first-order valence-electron chi connectivity index (χ1n) is 8.13. The van der Waals surface area contributed by atoms with E-state index < -0.39 is 5.97 Å². The van der Waals surface area contributed by atoms with Crippen molar-refractivity contribution in [3.63, 3.8) is 0 Å². The fraction of sp³-hybridized carbons (Fsp3) is 0.562. The number of ether oxygens (including phenoxy) is 1. The molecular formula is C16H21N5O3. The van der Waals surface area contributed by atoms with E-state index in [9.17, 15) is 9.59 Å². The maximum atomic E-state index is 12.2. The molecule has 3 rings (SSSR count). The van der Waals surface area contributed by atoms with Crippen LogP contribution in [0.2, 0.25) is 0 Å². The molecule has 0 unspecified atom stereocenters. The Kier molecular flexibility index (Phi) is 4.46. The van der Waals surface area contributed by atoms with E-state index in [1.165, 1.54) is 4.52 Å². The number of carbonyl (C=O) groups excluding carboxylic acids is 2. The molecule has 1 fully saturated rings. The fourth-order valence-corrected chi connectivity index (χ4v) is 3.00. The Bertz CT molecular complexity index is 785. The molecule has 8 heteroatoms. The molecule has 1 amide bonds. The summed E-state index contributed by atoms with van der Waals surface area (Å²) in [7, 11) is 0. The molecule has 0 spiro atoms. The quantitative estimate of drug-likeness (QED) is 0.788. The number of nitrogens with zero attached hydrogens (tertiary/aromatic N) is 5. The van der Waals surface area contributed by atoms with Gasteiger partial charge in [-0.25, -0.2) is 14.3 Å². The van der Waals surface area contributed by atoms with Gasteiger partial charge in [0.15, 0.2) is 6.61 Å². The van der Waals surface area contributed by atoms with Gasteiger partial charge < -0.3 is 9.64 Å². The highest BCUT2D eigenvalue weighted by atomic mass is 16.5. The number of hydrogen-bond donors (Lipinski definition) is 0. The zero-order valence-corrected chi connectivity index (χ0v) is 14.2. The SMILES string of the molecule is Cc1cc(C)n2nc(C(=O)OCC(=O)N3CCCC[C@@H]3C)nc2n1. The van der Waals surface area contributed by atoms with Crippen LogP contribution in [0.3, 0.4) is 0 Å². The van der Waals surface area contributed by atoms with Gasteiger partial charge in [0, 0.05) is 24.0 Å². The topological polar surface area (TPSA) is 89.7 Å². The molecule has 2 aromatic rings. The van der Waals surface area contributed by atoms with E-state index >= 15 is 0 Å². The molecule has 0 aliphatic carbocycles. The van der Waals surface area contributed by atoms with Crippen molar-refractivity contribution in [1.82, 2.24) is 24.5 Å². The van der Waals surface area contributed by atoms with Crippen molar-refractivity contribution >= 4 is 17.7 Å². The Labute approximate surface area is 139 Å². The second-order valence-electron chi connectivity index (χ2n) is 6.19. The third-order valence-electron chi connectivity index (χ3n) is 4.25. The molecule has 1 atom stereocenters. The van der Waals surface area contributed by atoms with Crippen LogP contribution in [-0.4, -0.2) is 55.6 Å². The average molecular weight is 331 g/mol. The van der Waals surface area contributed by atoms with Crippen LogP contribution < -0.4 is 0 Å². The summed E-state index contributed by atoms with van der Waals surface area (Å²) in [6.45, 7) is 6.14. The first-order valence-corrected chi connectivity index (χ1v) is 8.13. The summed E-state index contributed by atoms with van der Waals surface area (Å²) in [5.41, 5.74) is 1.61. The standard InChI is InChI=1S/C16H21N5O3/c1-10-8-12(3)21-16(17-10)18-14(19-21)15(23)24-9-13(22)20-7-5-4-6-11(20)2/h8,11H,4-7,9H2,1-3H3/t11-/m0/s1. The summed E-state index contributed by atoms with van der Waals surface area (Å²) < 4.78 is 6.58. The monoisotopic (exact) mass is 331 g/mol. The van der Waals surface area contributed by atoms with E-state index in [-0.39, 0.29) is 24.4 Å². The van der Waals surface area contributed by atoms with E-state index in [0.29, 0.717) is 12.3 Å². The first kappa shape index (κ1) is 16.4. The van der Waals surface area contributed by atoms with E-state index in [2.05, 4.69) is 15.1 Å². The number of esters is 1. The van der Waals surface area contributed by atoms with Gasteiger partial charge in [-0.15, -0.1) is 5.10 Å². The average Bonchev–Trinajstić information content (AvgIpc) is 2.97. The van der Waals surface area contributed by atoms with Crippen LogP contribution in [-0.2, 0) is 9.53 Å². The van der Waals surface area contributed by atoms with Crippen molar-refractivity contribution in [2.45, 2.75) is 46.1 Å². The molecule has 1 saturated heterocycles. The van der Waals surface area contributed by atoms with E-state index in [1.54, 1.807) is 4.90 Å². The molecule has 8 nitrogen and oxygen atoms in total. The molecule has 24 heavy (non-hydrogen) atoms. The highest BCUT2D eigenvalue weighted by Gasteiger charge is 2.25. The second kappa shape index (κ2) is 6.54. The van der Waals surface area contributed by atoms with Gasteiger partial charge in [0.05, 0.1) is 0 Å². The molecular weight excluding hydrogens is 310 g/mol. The van der Waals surface area contributed by atoms with Crippen molar-refractivity contribution in [2.24, 2.45) is 0 Å². The number of amides is 1. The normalized spacial score (nSPS) is 18.0. The predicted molar refractivity (Wildman–Crippen MR) is 85.6 cm³/mol. The summed E-state index contributed by atoms with van der Waals surface area (Å²) in [5, 5.41) is 4.10. The third-order valence-corrected chi connectivity index (χ3v) is 4.25. The van der Waals surface area contributed by atoms with Crippen molar-refractivity contribution in [2.75, 3.05) is 13.2 Å². The lowest BCUT2D eigenvalue weighted by Gasteiger charge is -2.33. The molecule has 2 aromatic heterocycles. The molecule has 1 aliphatic rings. The Hall–Kier alpha value is -2.51. The Balaban J connectivity index is 1.67. The summed E-state index contributed by atoms with van der Waals surface area (Å²) >= 11 is 0. The second-order valence-corrected chi connectivity index (χ2v) is 6.19. The Morgan fingerprint density at radius 2 is 2.08 bits per heavy atom. The van der Waals surface area contributed by atoms with Crippen LogP contribution in [0.5, 0.6) is 0 Å². The van der Waals surface area contributed by atoms with Crippen molar-refractivity contribution in [3.05, 3.63) is 23.3 Å². The highest BCUT2D eigenvalue weighted by molar-refractivity contribution is 5.88. The first-order chi connectivity index (χ1) is 11.5. The Morgan fingerprint density at radius 1 is 1.29 bits per heavy atom. The minimum absolute atomic E-state index is 0.0873. The summed E-state index contributed by atoms with van der Waals surface area (Å²) in [6.07, 6.45) is 3.10. The smallest absolute Gasteiger partial charge is 0.378 e. The molecule has 3 heterocycles. The van der Waals surface area contributed by atoms with Crippen LogP contribution in [0, 0.1) is 13.8 Å². The maximum absolute atomic E-state index is 12.2. The van der Waals surface area contributed by atoms with Crippen LogP contribution in [0.1, 0.15) is 48.2 Å². The van der Waals surface area contributed by atoms with E-state index in [0.717, 1.165) is 30.7 Å². The van der Waals surface area contributed by atoms with Gasteiger partial charge in [-0.05, 0) is 46.1 Å². The van der Waals surface area contributed by atoms with Crippen LogP contribution in [0.4, 0.5) is 0 Å². The largest absolute Gasteiger partial charge is 0.450 e. The Morgan fingerprint density at radius 3 is 2.83 bits per heavy atom. The molecule has 0 bridgehead atoms. The van der Waals surface area contributed by atoms with Gasteiger partial charge in [-0.3, -0.25) is 4.79 Å². The van der Waals surface area contributed by atoms with E-state index in [1.807, 2.05) is 26.8 Å². The lowest BCUT2D eigenvalue weighted by atomic mass is 10.0. The minimum Gasteiger partial charge on any atom is -0.450 e. The van der Waals surface area contributed by atoms with Gasteiger partial charge in [-0.1, -0.05) is 0 Å². The van der Waals surface area contributed by atoms with Crippen LogP contribution >= 0.6 is 0 Å². The molecule has 0 saturated carbocycles. The zero-order valence-electron chi connectivity index (χ0n) is 14.2. The zero-order chi connectivity index (χ0) is 17.3. The van der Waals surface area contributed by atoms with Gasteiger partial charge in [0.2, 0.25) is 0 Å². The summed E-state index contributed by atoms with van der Waals surface area (Å²) in [6, 6.07) is 2.03. The number of rotatable bonds is 3. The number of hydrogen-bond acceptors (Lipinski definition) is 6. The maximum Gasteiger partial charge on any atom is 0.378 e. The number of likely N-dealkylation sites (tertiary alicyclic amines) is 1.